The Hall–Kier alpha value is -0.260. The maximum Gasteiger partial charge on any atom is 0.321 e. The lowest BCUT2D eigenvalue weighted by Gasteiger charge is -2.09. The van der Waals surface area contributed by atoms with Gasteiger partial charge in [0, 0.05) is 17.6 Å². The van der Waals surface area contributed by atoms with E-state index in [9.17, 15) is 4.79 Å². The van der Waals surface area contributed by atoms with Gasteiger partial charge in [-0.1, -0.05) is 0 Å². The van der Waals surface area contributed by atoms with Crippen LogP contribution in [0.1, 0.15) is 6.42 Å². The molecule has 2 unspecified atom stereocenters. The van der Waals surface area contributed by atoms with Crippen LogP contribution in [-0.4, -0.2) is 41.3 Å². The minimum absolute atomic E-state index is 0.440. The quantitative estimate of drug-likeness (QED) is 0.650. The molecule has 1 fully saturated rings. The normalized spacial score (nSPS) is 25.6. The summed E-state index contributed by atoms with van der Waals surface area (Å²) < 4.78 is 5.14. The largest absolute Gasteiger partial charge is 0.480 e. The molecule has 5 heteroatoms. The second-order valence-electron chi connectivity index (χ2n) is 2.76. The van der Waals surface area contributed by atoms with Gasteiger partial charge in [-0.3, -0.25) is 4.79 Å². The molecule has 0 amide bonds. The molecular weight excluding hydrogens is 178 g/mol. The second-order valence-corrected chi connectivity index (χ2v) is 4.10. The van der Waals surface area contributed by atoms with Crippen molar-refractivity contribution in [3.8, 4) is 0 Å². The summed E-state index contributed by atoms with van der Waals surface area (Å²) >= 11 is 1.59. The van der Waals surface area contributed by atoms with Crippen molar-refractivity contribution in [1.82, 2.24) is 0 Å². The first kappa shape index (κ1) is 9.83. The topological polar surface area (TPSA) is 72.5 Å². The summed E-state index contributed by atoms with van der Waals surface area (Å²) in [5, 5.41) is 8.93. The number of hydrogen-bond acceptors (Lipinski definition) is 4. The number of carboxylic acids is 1. The maximum absolute atomic E-state index is 10.3. The molecule has 4 nitrogen and oxygen atoms in total. The Morgan fingerprint density at radius 3 is 3.08 bits per heavy atom. The fourth-order valence-electron chi connectivity index (χ4n) is 0.955. The molecule has 12 heavy (non-hydrogen) atoms. The Kier molecular flexibility index (Phi) is 3.84. The van der Waals surface area contributed by atoms with Crippen LogP contribution in [0.15, 0.2) is 0 Å². The van der Waals surface area contributed by atoms with Crippen molar-refractivity contribution in [2.24, 2.45) is 5.73 Å². The van der Waals surface area contributed by atoms with Gasteiger partial charge in [-0.15, -0.1) is 0 Å². The number of carbonyl (C=O) groups is 1. The SMILES string of the molecule is NC(CSC1CCOC1)C(=O)O. The zero-order valence-electron chi connectivity index (χ0n) is 6.73. The lowest BCUT2D eigenvalue weighted by Crippen LogP contribution is -2.33. The van der Waals surface area contributed by atoms with E-state index in [2.05, 4.69) is 0 Å². The maximum atomic E-state index is 10.3. The molecule has 2 atom stereocenters. The minimum Gasteiger partial charge on any atom is -0.480 e. The first-order valence-corrected chi connectivity index (χ1v) is 4.92. The Labute approximate surface area is 75.5 Å². The average Bonchev–Trinajstić information content (AvgIpc) is 2.51. The zero-order chi connectivity index (χ0) is 8.97. The van der Waals surface area contributed by atoms with Crippen LogP contribution in [0, 0.1) is 0 Å². The van der Waals surface area contributed by atoms with Crippen LogP contribution in [-0.2, 0) is 9.53 Å². The molecule has 0 saturated carbocycles. The monoisotopic (exact) mass is 191 g/mol. The van der Waals surface area contributed by atoms with Gasteiger partial charge in [-0.25, -0.2) is 0 Å². The predicted molar refractivity (Wildman–Crippen MR) is 47.3 cm³/mol. The Bertz CT molecular complexity index is 159. The van der Waals surface area contributed by atoms with Gasteiger partial charge in [0.25, 0.3) is 0 Å². The van der Waals surface area contributed by atoms with Crippen molar-refractivity contribution in [3.63, 3.8) is 0 Å². The number of nitrogens with two attached hydrogens (primary N) is 1. The second kappa shape index (κ2) is 4.69. The van der Waals surface area contributed by atoms with E-state index in [0.29, 0.717) is 11.0 Å². The van der Waals surface area contributed by atoms with Gasteiger partial charge in [-0.05, 0) is 6.42 Å². The standard InChI is InChI=1S/C7H13NO3S/c8-6(7(9)10)4-12-5-1-2-11-3-5/h5-6H,1-4,8H2,(H,9,10). The van der Waals surface area contributed by atoms with E-state index < -0.39 is 12.0 Å². The predicted octanol–water partition coefficient (Wildman–Crippen LogP) is -0.0796. The molecule has 1 heterocycles. The van der Waals surface area contributed by atoms with E-state index in [1.165, 1.54) is 0 Å². The van der Waals surface area contributed by atoms with Crippen molar-refractivity contribution in [3.05, 3.63) is 0 Å². The fourth-order valence-corrected chi connectivity index (χ4v) is 2.03. The highest BCUT2D eigenvalue weighted by atomic mass is 32.2. The molecule has 0 aromatic heterocycles. The average molecular weight is 191 g/mol. The summed E-state index contributed by atoms with van der Waals surface area (Å²) in [7, 11) is 0. The lowest BCUT2D eigenvalue weighted by molar-refractivity contribution is -0.137. The number of aliphatic carboxylic acids is 1. The molecule has 0 aromatic carbocycles. The van der Waals surface area contributed by atoms with E-state index in [-0.39, 0.29) is 0 Å². The van der Waals surface area contributed by atoms with E-state index in [4.69, 9.17) is 15.6 Å². The van der Waals surface area contributed by atoms with E-state index in [1.54, 1.807) is 11.8 Å². The van der Waals surface area contributed by atoms with Crippen molar-refractivity contribution in [2.75, 3.05) is 19.0 Å². The van der Waals surface area contributed by atoms with Crippen LogP contribution in [0.2, 0.25) is 0 Å². The van der Waals surface area contributed by atoms with E-state index in [1.807, 2.05) is 0 Å². The molecule has 70 valence electrons. The smallest absolute Gasteiger partial charge is 0.321 e. The van der Waals surface area contributed by atoms with Gasteiger partial charge >= 0.3 is 5.97 Å². The Morgan fingerprint density at radius 2 is 2.58 bits per heavy atom. The van der Waals surface area contributed by atoms with Crippen LogP contribution in [0.3, 0.4) is 0 Å². The van der Waals surface area contributed by atoms with Crippen LogP contribution in [0.25, 0.3) is 0 Å². The fraction of sp³-hybridized carbons (Fsp3) is 0.857. The van der Waals surface area contributed by atoms with Crippen molar-refractivity contribution >= 4 is 17.7 Å². The molecule has 1 rings (SSSR count). The molecule has 0 aliphatic carbocycles. The molecule has 0 aromatic rings. The van der Waals surface area contributed by atoms with Gasteiger partial charge in [0.15, 0.2) is 0 Å². The van der Waals surface area contributed by atoms with Gasteiger partial charge in [0.2, 0.25) is 0 Å². The molecular formula is C7H13NO3S. The van der Waals surface area contributed by atoms with Gasteiger partial charge in [0.1, 0.15) is 6.04 Å². The first-order valence-electron chi connectivity index (χ1n) is 3.88. The van der Waals surface area contributed by atoms with Crippen molar-refractivity contribution < 1.29 is 14.6 Å². The number of thioether (sulfide) groups is 1. The van der Waals surface area contributed by atoms with Gasteiger partial charge in [-0.2, -0.15) is 11.8 Å². The van der Waals surface area contributed by atoms with Crippen molar-refractivity contribution in [1.29, 1.82) is 0 Å². The van der Waals surface area contributed by atoms with Crippen LogP contribution in [0.4, 0.5) is 0 Å². The van der Waals surface area contributed by atoms with Gasteiger partial charge in [0.05, 0.1) is 6.61 Å². The lowest BCUT2D eigenvalue weighted by atomic mass is 10.4. The highest BCUT2D eigenvalue weighted by Gasteiger charge is 2.19. The number of rotatable bonds is 4. The number of carboxylic acid groups (broad SMARTS) is 1. The molecule has 3 N–H and O–H groups in total. The van der Waals surface area contributed by atoms with Crippen LogP contribution in [0.5, 0.6) is 0 Å². The third-order valence-electron chi connectivity index (χ3n) is 1.72. The number of hydrogen-bond donors (Lipinski definition) is 2. The zero-order valence-corrected chi connectivity index (χ0v) is 7.55. The highest BCUT2D eigenvalue weighted by molar-refractivity contribution is 8.00. The first-order chi connectivity index (χ1) is 5.70. The van der Waals surface area contributed by atoms with Crippen LogP contribution < -0.4 is 5.73 Å². The summed E-state index contributed by atoms with van der Waals surface area (Å²) in [6, 6.07) is -0.740. The molecule has 0 radical (unpaired) electrons. The summed E-state index contributed by atoms with van der Waals surface area (Å²) in [5.74, 6) is -0.454. The molecule has 1 aliphatic rings. The van der Waals surface area contributed by atoms with E-state index >= 15 is 0 Å². The molecule has 1 saturated heterocycles. The summed E-state index contributed by atoms with van der Waals surface area (Å²) in [6.07, 6.45) is 1.01. The van der Waals surface area contributed by atoms with E-state index in [0.717, 1.165) is 19.6 Å². The Morgan fingerprint density at radius 1 is 1.83 bits per heavy atom. The molecule has 0 bridgehead atoms. The summed E-state index contributed by atoms with van der Waals surface area (Å²) in [5.41, 5.74) is 5.33. The molecule has 0 spiro atoms. The highest BCUT2D eigenvalue weighted by Crippen LogP contribution is 2.20. The molecule has 1 aliphatic heterocycles. The third-order valence-corrected chi connectivity index (χ3v) is 3.11. The number of ether oxygens (including phenoxy) is 1. The van der Waals surface area contributed by atoms with Crippen molar-refractivity contribution in [2.45, 2.75) is 17.7 Å². The summed E-state index contributed by atoms with van der Waals surface area (Å²) in [4.78, 5) is 10.3. The van der Waals surface area contributed by atoms with Crippen LogP contribution >= 0.6 is 11.8 Å². The Balaban J connectivity index is 2.11. The minimum atomic E-state index is -0.929. The van der Waals surface area contributed by atoms with Gasteiger partial charge < -0.3 is 15.6 Å². The summed E-state index contributed by atoms with van der Waals surface area (Å²) in [6.45, 7) is 1.52. The third kappa shape index (κ3) is 3.00.